The SMILES string of the molecule is O=Cc1nc2ccc(C3CCC(=O)NC3=O)cn2n1. The minimum Gasteiger partial charge on any atom is -0.296 e. The Morgan fingerprint density at radius 1 is 1.37 bits per heavy atom. The third-order valence-corrected chi connectivity index (χ3v) is 3.12. The van der Waals surface area contributed by atoms with Crippen molar-refractivity contribution >= 4 is 23.7 Å². The summed E-state index contributed by atoms with van der Waals surface area (Å²) in [5.41, 5.74) is 1.29. The van der Waals surface area contributed by atoms with Gasteiger partial charge in [0.25, 0.3) is 0 Å². The molecule has 1 aliphatic rings. The molecule has 3 heterocycles. The minimum atomic E-state index is -0.369. The molecule has 0 aliphatic carbocycles. The molecule has 2 aromatic rings. The fourth-order valence-electron chi connectivity index (χ4n) is 2.18. The Hall–Kier alpha value is -2.57. The Morgan fingerprint density at radius 3 is 2.95 bits per heavy atom. The first-order chi connectivity index (χ1) is 9.17. The molecule has 0 radical (unpaired) electrons. The van der Waals surface area contributed by atoms with E-state index in [0.717, 1.165) is 5.56 Å². The fourth-order valence-corrected chi connectivity index (χ4v) is 2.18. The van der Waals surface area contributed by atoms with Gasteiger partial charge in [0, 0.05) is 12.6 Å². The third-order valence-electron chi connectivity index (χ3n) is 3.12. The number of aldehydes is 1. The summed E-state index contributed by atoms with van der Waals surface area (Å²) in [5, 5.41) is 6.28. The van der Waals surface area contributed by atoms with E-state index >= 15 is 0 Å². The summed E-state index contributed by atoms with van der Waals surface area (Å²) in [5.74, 6) is -0.816. The van der Waals surface area contributed by atoms with Crippen molar-refractivity contribution in [3.8, 4) is 0 Å². The van der Waals surface area contributed by atoms with Crippen LogP contribution in [0.25, 0.3) is 5.65 Å². The highest BCUT2D eigenvalue weighted by molar-refractivity contribution is 6.00. The zero-order chi connectivity index (χ0) is 13.4. The summed E-state index contributed by atoms with van der Waals surface area (Å²) in [4.78, 5) is 37.5. The van der Waals surface area contributed by atoms with Gasteiger partial charge in [0.15, 0.2) is 11.9 Å². The van der Waals surface area contributed by atoms with Crippen LogP contribution in [0.4, 0.5) is 0 Å². The Bertz CT molecular complexity index is 691. The van der Waals surface area contributed by atoms with E-state index in [9.17, 15) is 14.4 Å². The Labute approximate surface area is 107 Å². The fraction of sp³-hybridized carbons (Fsp3) is 0.250. The zero-order valence-electron chi connectivity index (χ0n) is 9.87. The molecular weight excluding hydrogens is 248 g/mol. The van der Waals surface area contributed by atoms with Gasteiger partial charge in [-0.25, -0.2) is 9.50 Å². The number of aromatic nitrogens is 3. The van der Waals surface area contributed by atoms with Crippen molar-refractivity contribution in [3.05, 3.63) is 29.7 Å². The minimum absolute atomic E-state index is 0.0976. The lowest BCUT2D eigenvalue weighted by Crippen LogP contribution is -2.39. The van der Waals surface area contributed by atoms with E-state index in [1.54, 1.807) is 18.3 Å². The summed E-state index contributed by atoms with van der Waals surface area (Å²) in [6.07, 6.45) is 3.03. The zero-order valence-corrected chi connectivity index (χ0v) is 9.87. The van der Waals surface area contributed by atoms with Gasteiger partial charge in [-0.3, -0.25) is 19.7 Å². The lowest BCUT2D eigenvalue weighted by molar-refractivity contribution is -0.134. The molecule has 96 valence electrons. The number of hydrogen-bond donors (Lipinski definition) is 1. The number of carbonyl (C=O) groups is 3. The van der Waals surface area contributed by atoms with Gasteiger partial charge in [0.2, 0.25) is 17.6 Å². The van der Waals surface area contributed by atoms with Crippen molar-refractivity contribution in [2.75, 3.05) is 0 Å². The first-order valence-corrected chi connectivity index (χ1v) is 5.82. The van der Waals surface area contributed by atoms with Crippen LogP contribution in [0.3, 0.4) is 0 Å². The highest BCUT2D eigenvalue weighted by Gasteiger charge is 2.28. The van der Waals surface area contributed by atoms with E-state index in [1.165, 1.54) is 4.52 Å². The van der Waals surface area contributed by atoms with Crippen LogP contribution >= 0.6 is 0 Å². The molecule has 1 saturated heterocycles. The molecule has 0 bridgehead atoms. The molecule has 1 fully saturated rings. The standard InChI is InChI=1S/C12H10N4O3/c17-6-9-13-10-3-1-7(5-16(10)15-9)8-2-4-11(18)14-12(8)19/h1,3,5-6,8H,2,4H2,(H,14,18,19). The number of hydrogen-bond acceptors (Lipinski definition) is 5. The average Bonchev–Trinajstić information content (AvgIpc) is 2.80. The molecule has 2 aromatic heterocycles. The number of nitrogens with zero attached hydrogens (tertiary/aromatic N) is 3. The van der Waals surface area contributed by atoms with E-state index in [0.29, 0.717) is 24.8 Å². The lowest BCUT2D eigenvalue weighted by atomic mass is 9.92. The molecule has 1 aliphatic heterocycles. The molecule has 7 nitrogen and oxygen atoms in total. The first kappa shape index (κ1) is 11.5. The highest BCUT2D eigenvalue weighted by Crippen LogP contribution is 2.24. The smallest absolute Gasteiger partial charge is 0.234 e. The summed E-state index contributed by atoms with van der Waals surface area (Å²) in [6.45, 7) is 0. The molecule has 1 unspecified atom stereocenters. The Morgan fingerprint density at radius 2 is 2.21 bits per heavy atom. The van der Waals surface area contributed by atoms with Crippen LogP contribution in [0.2, 0.25) is 0 Å². The summed E-state index contributed by atoms with van der Waals surface area (Å²) in [7, 11) is 0. The number of imide groups is 1. The molecule has 0 spiro atoms. The first-order valence-electron chi connectivity index (χ1n) is 5.82. The second-order valence-electron chi connectivity index (χ2n) is 4.36. The van der Waals surface area contributed by atoms with Gasteiger partial charge in [-0.15, -0.1) is 5.10 Å². The predicted molar refractivity (Wildman–Crippen MR) is 63.5 cm³/mol. The van der Waals surface area contributed by atoms with Gasteiger partial charge in [-0.2, -0.15) is 0 Å². The maximum absolute atomic E-state index is 11.8. The van der Waals surface area contributed by atoms with E-state index in [-0.39, 0.29) is 23.6 Å². The number of amides is 2. The second-order valence-corrected chi connectivity index (χ2v) is 4.36. The van der Waals surface area contributed by atoms with Crippen LogP contribution in [0, 0.1) is 0 Å². The predicted octanol–water partition coefficient (Wildman–Crippen LogP) is 0.0620. The number of piperidine rings is 1. The van der Waals surface area contributed by atoms with Gasteiger partial charge >= 0.3 is 0 Å². The van der Waals surface area contributed by atoms with Crippen molar-refractivity contribution in [2.45, 2.75) is 18.8 Å². The molecule has 1 atom stereocenters. The van der Waals surface area contributed by atoms with Crippen molar-refractivity contribution < 1.29 is 14.4 Å². The van der Waals surface area contributed by atoms with E-state index < -0.39 is 0 Å². The highest BCUT2D eigenvalue weighted by atomic mass is 16.2. The van der Waals surface area contributed by atoms with E-state index in [1.807, 2.05) is 0 Å². The second kappa shape index (κ2) is 4.27. The van der Waals surface area contributed by atoms with Crippen molar-refractivity contribution in [1.82, 2.24) is 19.9 Å². The van der Waals surface area contributed by atoms with Crippen LogP contribution in [-0.2, 0) is 9.59 Å². The van der Waals surface area contributed by atoms with Gasteiger partial charge < -0.3 is 0 Å². The number of fused-ring (bicyclic) bond motifs is 1. The number of carbonyl (C=O) groups excluding carboxylic acids is 3. The molecule has 1 N–H and O–H groups in total. The number of rotatable bonds is 2. The largest absolute Gasteiger partial charge is 0.296 e. The average molecular weight is 258 g/mol. The van der Waals surface area contributed by atoms with Crippen LogP contribution in [0.1, 0.15) is 34.9 Å². The normalized spacial score (nSPS) is 19.5. The summed E-state index contributed by atoms with van der Waals surface area (Å²) >= 11 is 0. The van der Waals surface area contributed by atoms with E-state index in [2.05, 4.69) is 15.4 Å². The molecule has 0 saturated carbocycles. The molecule has 2 amide bonds. The number of nitrogens with one attached hydrogen (secondary N) is 1. The number of pyridine rings is 1. The maximum atomic E-state index is 11.8. The maximum Gasteiger partial charge on any atom is 0.234 e. The third kappa shape index (κ3) is 1.99. The monoisotopic (exact) mass is 258 g/mol. The van der Waals surface area contributed by atoms with Gasteiger partial charge in [-0.1, -0.05) is 6.07 Å². The molecular formula is C12H10N4O3. The van der Waals surface area contributed by atoms with E-state index in [4.69, 9.17) is 0 Å². The summed E-state index contributed by atoms with van der Waals surface area (Å²) in [6, 6.07) is 3.46. The lowest BCUT2D eigenvalue weighted by Gasteiger charge is -2.20. The van der Waals surface area contributed by atoms with Crippen molar-refractivity contribution in [1.29, 1.82) is 0 Å². The van der Waals surface area contributed by atoms with Crippen molar-refractivity contribution in [2.24, 2.45) is 0 Å². The van der Waals surface area contributed by atoms with Gasteiger partial charge in [-0.05, 0) is 18.1 Å². The molecule has 19 heavy (non-hydrogen) atoms. The van der Waals surface area contributed by atoms with Gasteiger partial charge in [0.05, 0.1) is 5.92 Å². The van der Waals surface area contributed by atoms with Crippen LogP contribution in [0.5, 0.6) is 0 Å². The van der Waals surface area contributed by atoms with Crippen molar-refractivity contribution in [3.63, 3.8) is 0 Å². The van der Waals surface area contributed by atoms with Crippen LogP contribution in [-0.4, -0.2) is 32.7 Å². The Kier molecular flexibility index (Phi) is 2.59. The quantitative estimate of drug-likeness (QED) is 0.607. The summed E-state index contributed by atoms with van der Waals surface area (Å²) < 4.78 is 1.46. The van der Waals surface area contributed by atoms with Crippen LogP contribution in [0.15, 0.2) is 18.3 Å². The molecule has 0 aromatic carbocycles. The van der Waals surface area contributed by atoms with Crippen LogP contribution < -0.4 is 5.32 Å². The molecule has 3 rings (SSSR count). The van der Waals surface area contributed by atoms with Gasteiger partial charge in [0.1, 0.15) is 0 Å². The molecule has 7 heteroatoms. The topological polar surface area (TPSA) is 93.4 Å². The Balaban J connectivity index is 1.98.